The lowest BCUT2D eigenvalue weighted by Crippen LogP contribution is -2.21. The normalized spacial score (nSPS) is 17.5. The second-order valence-corrected chi connectivity index (χ2v) is 4.24. The van der Waals surface area contributed by atoms with Gasteiger partial charge in [-0.25, -0.2) is 9.97 Å². The molecule has 1 aromatic heterocycles. The highest BCUT2D eigenvalue weighted by molar-refractivity contribution is 8.00. The molecule has 1 saturated heterocycles. The second-order valence-electron chi connectivity index (χ2n) is 3.13. The minimum atomic E-state index is 0.839. The van der Waals surface area contributed by atoms with Gasteiger partial charge in [0.1, 0.15) is 5.82 Å². The molecule has 0 saturated carbocycles. The minimum absolute atomic E-state index is 0.839. The quantitative estimate of drug-likeness (QED) is 0.641. The van der Waals surface area contributed by atoms with Gasteiger partial charge in [-0.3, -0.25) is 0 Å². The molecule has 1 aliphatic rings. The van der Waals surface area contributed by atoms with Crippen molar-refractivity contribution in [1.82, 2.24) is 9.97 Å². The standard InChI is InChI=1S/C9H13N3S/c1-8-10-6-9(7-11-8)12-4-2-3-5-13-12/h6-7H,2-5H2,1H3. The highest BCUT2D eigenvalue weighted by Gasteiger charge is 2.11. The SMILES string of the molecule is Cc1ncc(N2CCCCS2)cn1. The van der Waals surface area contributed by atoms with Crippen LogP contribution in [0.3, 0.4) is 0 Å². The number of nitrogens with zero attached hydrogens (tertiary/aromatic N) is 3. The summed E-state index contributed by atoms with van der Waals surface area (Å²) in [6.45, 7) is 3.03. The van der Waals surface area contributed by atoms with E-state index in [0.717, 1.165) is 18.1 Å². The first-order chi connectivity index (χ1) is 6.36. The predicted octanol–water partition coefficient (Wildman–Crippen LogP) is 2.03. The van der Waals surface area contributed by atoms with Gasteiger partial charge in [-0.2, -0.15) is 0 Å². The maximum absolute atomic E-state index is 4.19. The molecule has 0 bridgehead atoms. The average Bonchev–Trinajstić information content (AvgIpc) is 2.20. The first-order valence-corrected chi connectivity index (χ1v) is 5.49. The molecule has 0 aromatic carbocycles. The van der Waals surface area contributed by atoms with Crippen molar-refractivity contribution in [2.45, 2.75) is 19.8 Å². The van der Waals surface area contributed by atoms with Gasteiger partial charge >= 0.3 is 0 Å². The summed E-state index contributed by atoms with van der Waals surface area (Å²) in [5.41, 5.74) is 1.13. The number of rotatable bonds is 1. The summed E-state index contributed by atoms with van der Waals surface area (Å²) >= 11 is 1.88. The van der Waals surface area contributed by atoms with Gasteiger partial charge in [0.2, 0.25) is 0 Å². The molecule has 0 amide bonds. The maximum atomic E-state index is 4.19. The summed E-state index contributed by atoms with van der Waals surface area (Å²) in [7, 11) is 0. The van der Waals surface area contributed by atoms with Crippen molar-refractivity contribution < 1.29 is 0 Å². The lowest BCUT2D eigenvalue weighted by molar-refractivity contribution is 0.788. The van der Waals surface area contributed by atoms with E-state index in [4.69, 9.17) is 0 Å². The fourth-order valence-electron chi connectivity index (χ4n) is 1.31. The van der Waals surface area contributed by atoms with E-state index >= 15 is 0 Å². The Morgan fingerprint density at radius 1 is 1.31 bits per heavy atom. The number of aryl methyl sites for hydroxylation is 1. The van der Waals surface area contributed by atoms with Gasteiger partial charge in [0, 0.05) is 12.3 Å². The largest absolute Gasteiger partial charge is 0.313 e. The molecule has 0 unspecified atom stereocenters. The Balaban J connectivity index is 2.10. The Morgan fingerprint density at radius 3 is 2.69 bits per heavy atom. The molecule has 1 aliphatic heterocycles. The monoisotopic (exact) mass is 195 g/mol. The zero-order valence-electron chi connectivity index (χ0n) is 7.73. The van der Waals surface area contributed by atoms with E-state index in [1.165, 1.54) is 18.6 Å². The topological polar surface area (TPSA) is 29.0 Å². The summed E-state index contributed by atoms with van der Waals surface area (Å²) in [6.07, 6.45) is 6.41. The van der Waals surface area contributed by atoms with Gasteiger partial charge in [0.15, 0.2) is 0 Å². The molecule has 2 heterocycles. The molecule has 0 aliphatic carbocycles. The van der Waals surface area contributed by atoms with Crippen molar-refractivity contribution >= 4 is 17.6 Å². The van der Waals surface area contributed by atoms with Crippen molar-refractivity contribution in [2.24, 2.45) is 0 Å². The molecule has 1 fully saturated rings. The fraction of sp³-hybridized carbons (Fsp3) is 0.556. The molecular weight excluding hydrogens is 182 g/mol. The van der Waals surface area contributed by atoms with Gasteiger partial charge < -0.3 is 4.31 Å². The van der Waals surface area contributed by atoms with E-state index in [9.17, 15) is 0 Å². The Labute approximate surface area is 82.7 Å². The van der Waals surface area contributed by atoms with Crippen LogP contribution in [0.1, 0.15) is 18.7 Å². The summed E-state index contributed by atoms with van der Waals surface area (Å²) < 4.78 is 2.28. The van der Waals surface area contributed by atoms with Crippen molar-refractivity contribution in [1.29, 1.82) is 0 Å². The van der Waals surface area contributed by atoms with E-state index in [-0.39, 0.29) is 0 Å². The van der Waals surface area contributed by atoms with Crippen LogP contribution >= 0.6 is 11.9 Å². The van der Waals surface area contributed by atoms with Crippen LogP contribution in [-0.2, 0) is 0 Å². The first-order valence-electron chi connectivity index (χ1n) is 4.55. The number of aromatic nitrogens is 2. The zero-order chi connectivity index (χ0) is 9.10. The van der Waals surface area contributed by atoms with Crippen LogP contribution in [0, 0.1) is 6.92 Å². The summed E-state index contributed by atoms with van der Waals surface area (Å²) in [5.74, 6) is 2.05. The van der Waals surface area contributed by atoms with Gasteiger partial charge in [0.25, 0.3) is 0 Å². The first kappa shape index (κ1) is 8.81. The second kappa shape index (κ2) is 3.96. The predicted molar refractivity (Wildman–Crippen MR) is 55.8 cm³/mol. The van der Waals surface area contributed by atoms with Crippen molar-refractivity contribution in [3.05, 3.63) is 18.2 Å². The number of anilines is 1. The van der Waals surface area contributed by atoms with Gasteiger partial charge in [-0.15, -0.1) is 0 Å². The summed E-state index contributed by atoms with van der Waals surface area (Å²) in [5, 5.41) is 0. The molecule has 3 nitrogen and oxygen atoms in total. The molecule has 0 radical (unpaired) electrons. The van der Waals surface area contributed by atoms with Crippen LogP contribution in [0.5, 0.6) is 0 Å². The van der Waals surface area contributed by atoms with E-state index in [1.54, 1.807) is 0 Å². The average molecular weight is 195 g/mol. The van der Waals surface area contributed by atoms with E-state index in [1.807, 2.05) is 31.3 Å². The van der Waals surface area contributed by atoms with E-state index in [0.29, 0.717) is 0 Å². The number of hydrogen-bond donors (Lipinski definition) is 0. The lowest BCUT2D eigenvalue weighted by Gasteiger charge is -2.26. The maximum Gasteiger partial charge on any atom is 0.125 e. The van der Waals surface area contributed by atoms with Gasteiger partial charge in [-0.1, -0.05) is 0 Å². The van der Waals surface area contributed by atoms with Crippen LogP contribution in [0.4, 0.5) is 5.69 Å². The molecule has 0 N–H and O–H groups in total. The van der Waals surface area contributed by atoms with Crippen LogP contribution in [0.2, 0.25) is 0 Å². The Morgan fingerprint density at radius 2 is 2.08 bits per heavy atom. The molecule has 70 valence electrons. The Bertz CT molecular complexity index is 267. The molecule has 13 heavy (non-hydrogen) atoms. The lowest BCUT2D eigenvalue weighted by atomic mass is 10.3. The number of hydrogen-bond acceptors (Lipinski definition) is 4. The molecule has 2 rings (SSSR count). The minimum Gasteiger partial charge on any atom is -0.313 e. The highest BCUT2D eigenvalue weighted by atomic mass is 32.2. The van der Waals surface area contributed by atoms with Gasteiger partial charge in [0.05, 0.1) is 18.1 Å². The molecule has 0 spiro atoms. The zero-order valence-corrected chi connectivity index (χ0v) is 8.55. The summed E-state index contributed by atoms with van der Waals surface area (Å²) in [6, 6.07) is 0. The van der Waals surface area contributed by atoms with E-state index < -0.39 is 0 Å². The van der Waals surface area contributed by atoms with Crippen molar-refractivity contribution in [2.75, 3.05) is 16.6 Å². The van der Waals surface area contributed by atoms with Crippen LogP contribution in [0.25, 0.3) is 0 Å². The summed E-state index contributed by atoms with van der Waals surface area (Å²) in [4.78, 5) is 8.38. The Kier molecular flexibility index (Phi) is 2.68. The van der Waals surface area contributed by atoms with Crippen molar-refractivity contribution in [3.8, 4) is 0 Å². The third-order valence-corrected chi connectivity index (χ3v) is 3.23. The van der Waals surface area contributed by atoms with Crippen molar-refractivity contribution in [3.63, 3.8) is 0 Å². The highest BCUT2D eigenvalue weighted by Crippen LogP contribution is 2.25. The molecule has 1 aromatic rings. The molecule has 0 atom stereocenters. The van der Waals surface area contributed by atoms with Crippen LogP contribution in [0.15, 0.2) is 12.4 Å². The third kappa shape index (κ3) is 2.12. The van der Waals surface area contributed by atoms with Gasteiger partial charge in [-0.05, 0) is 31.7 Å². The molecular formula is C9H13N3S. The Hall–Kier alpha value is -0.770. The molecule has 4 heteroatoms. The fourth-order valence-corrected chi connectivity index (χ4v) is 2.37. The van der Waals surface area contributed by atoms with Crippen LogP contribution < -0.4 is 4.31 Å². The van der Waals surface area contributed by atoms with Crippen LogP contribution in [-0.4, -0.2) is 22.3 Å². The smallest absolute Gasteiger partial charge is 0.125 e. The van der Waals surface area contributed by atoms with E-state index in [2.05, 4.69) is 14.3 Å². The third-order valence-electron chi connectivity index (χ3n) is 2.06.